The van der Waals surface area contributed by atoms with Crippen molar-refractivity contribution >= 4 is 23.1 Å². The molecule has 0 amide bonds. The van der Waals surface area contributed by atoms with Gasteiger partial charge in [0.15, 0.2) is 0 Å². The summed E-state index contributed by atoms with van der Waals surface area (Å²) in [5.41, 5.74) is 4.10. The summed E-state index contributed by atoms with van der Waals surface area (Å²) in [6.07, 6.45) is 0. The Kier molecular flexibility index (Phi) is 5.31. The molecule has 0 unspecified atom stereocenters. The molecule has 0 radical (unpaired) electrons. The van der Waals surface area contributed by atoms with Crippen molar-refractivity contribution in [1.82, 2.24) is 9.97 Å². The first-order valence-electron chi connectivity index (χ1n) is 8.98. The number of ether oxygens (including phenoxy) is 1. The molecular formula is C22H26N4O. The van der Waals surface area contributed by atoms with E-state index in [4.69, 9.17) is 4.74 Å². The Morgan fingerprint density at radius 1 is 0.889 bits per heavy atom. The van der Waals surface area contributed by atoms with Crippen LogP contribution in [0.3, 0.4) is 0 Å². The molecule has 0 aliphatic heterocycles. The van der Waals surface area contributed by atoms with Crippen molar-refractivity contribution < 1.29 is 4.74 Å². The van der Waals surface area contributed by atoms with Gasteiger partial charge in [-0.25, -0.2) is 4.98 Å². The van der Waals surface area contributed by atoms with E-state index < -0.39 is 0 Å². The topological polar surface area (TPSA) is 59.1 Å². The lowest BCUT2D eigenvalue weighted by Gasteiger charge is -2.19. The number of anilines is 4. The molecule has 0 bridgehead atoms. The number of rotatable bonds is 5. The lowest BCUT2D eigenvalue weighted by atomic mass is 9.87. The Morgan fingerprint density at radius 2 is 1.59 bits per heavy atom. The van der Waals surface area contributed by atoms with E-state index in [1.165, 1.54) is 5.56 Å². The highest BCUT2D eigenvalue weighted by molar-refractivity contribution is 5.65. The van der Waals surface area contributed by atoms with E-state index in [9.17, 15) is 0 Å². The van der Waals surface area contributed by atoms with Crippen LogP contribution in [-0.2, 0) is 5.41 Å². The number of nitrogens with one attached hydrogen (secondary N) is 2. The zero-order valence-electron chi connectivity index (χ0n) is 16.5. The van der Waals surface area contributed by atoms with E-state index in [1.54, 1.807) is 7.11 Å². The van der Waals surface area contributed by atoms with E-state index >= 15 is 0 Å². The molecule has 5 heteroatoms. The van der Waals surface area contributed by atoms with Gasteiger partial charge >= 0.3 is 0 Å². The molecule has 27 heavy (non-hydrogen) atoms. The molecule has 0 aliphatic carbocycles. The average molecular weight is 362 g/mol. The van der Waals surface area contributed by atoms with Crippen LogP contribution in [0.15, 0.2) is 54.6 Å². The number of aromatic nitrogens is 2. The van der Waals surface area contributed by atoms with Gasteiger partial charge in [0, 0.05) is 17.4 Å². The molecule has 0 atom stereocenters. The predicted molar refractivity (Wildman–Crippen MR) is 111 cm³/mol. The number of aryl methyl sites for hydroxylation is 1. The fraction of sp³-hybridized carbons (Fsp3) is 0.273. The molecule has 2 aromatic carbocycles. The van der Waals surface area contributed by atoms with Crippen LogP contribution in [0.2, 0.25) is 0 Å². The first-order chi connectivity index (χ1) is 12.8. The molecule has 0 fully saturated rings. The maximum absolute atomic E-state index is 5.39. The van der Waals surface area contributed by atoms with Crippen molar-refractivity contribution in [2.45, 2.75) is 33.1 Å². The van der Waals surface area contributed by atoms with Crippen molar-refractivity contribution in [2.75, 3.05) is 17.7 Å². The maximum atomic E-state index is 5.39. The molecule has 1 heterocycles. The summed E-state index contributed by atoms with van der Waals surface area (Å²) >= 11 is 0. The van der Waals surface area contributed by atoms with E-state index in [1.807, 2.05) is 37.3 Å². The third-order valence-corrected chi connectivity index (χ3v) is 4.23. The first kappa shape index (κ1) is 18.7. The Bertz CT molecular complexity index is 914. The number of methoxy groups -OCH3 is 1. The average Bonchev–Trinajstić information content (AvgIpc) is 2.61. The van der Waals surface area contributed by atoms with Gasteiger partial charge in [-0.3, -0.25) is 0 Å². The molecule has 5 nitrogen and oxygen atoms in total. The zero-order valence-corrected chi connectivity index (χ0v) is 16.5. The van der Waals surface area contributed by atoms with Gasteiger partial charge in [-0.1, -0.05) is 45.0 Å². The maximum Gasteiger partial charge on any atom is 0.229 e. The Hall–Kier alpha value is -3.08. The van der Waals surface area contributed by atoms with Crippen LogP contribution in [-0.4, -0.2) is 17.1 Å². The number of benzene rings is 2. The predicted octanol–water partition coefficient (Wildman–Crippen LogP) is 5.58. The molecule has 0 saturated carbocycles. The second-order valence-electron chi connectivity index (χ2n) is 7.50. The number of hydrogen-bond acceptors (Lipinski definition) is 5. The van der Waals surface area contributed by atoms with Gasteiger partial charge in [0.2, 0.25) is 5.95 Å². The van der Waals surface area contributed by atoms with Gasteiger partial charge in [0.1, 0.15) is 11.6 Å². The fourth-order valence-electron chi connectivity index (χ4n) is 2.76. The van der Waals surface area contributed by atoms with Crippen LogP contribution < -0.4 is 15.4 Å². The van der Waals surface area contributed by atoms with Crippen LogP contribution in [0.4, 0.5) is 23.1 Å². The van der Waals surface area contributed by atoms with Gasteiger partial charge in [-0.15, -0.1) is 0 Å². The Morgan fingerprint density at radius 3 is 2.26 bits per heavy atom. The van der Waals surface area contributed by atoms with Crippen LogP contribution in [0, 0.1) is 6.92 Å². The molecule has 3 rings (SSSR count). The fourth-order valence-corrected chi connectivity index (χ4v) is 2.76. The summed E-state index contributed by atoms with van der Waals surface area (Å²) < 4.78 is 5.39. The van der Waals surface area contributed by atoms with Gasteiger partial charge in [0.25, 0.3) is 0 Å². The smallest absolute Gasteiger partial charge is 0.229 e. The highest BCUT2D eigenvalue weighted by Gasteiger charge is 2.13. The van der Waals surface area contributed by atoms with Crippen molar-refractivity contribution in [3.05, 3.63) is 65.9 Å². The standard InChI is InChI=1S/C22H26N4O/c1-15-14-20(25-18-8-6-7-9-19(18)27-5)26-21(23-15)24-17-12-10-16(11-13-17)22(2,3)4/h6-14H,1-5H3,(H2,23,24,25,26). The Labute approximate surface area is 160 Å². The second-order valence-corrected chi connectivity index (χ2v) is 7.50. The quantitative estimate of drug-likeness (QED) is 0.620. The van der Waals surface area contributed by atoms with Gasteiger partial charge < -0.3 is 15.4 Å². The molecule has 0 aliphatic rings. The summed E-state index contributed by atoms with van der Waals surface area (Å²) in [5.74, 6) is 2.03. The third kappa shape index (κ3) is 4.76. The first-order valence-corrected chi connectivity index (χ1v) is 8.98. The molecule has 0 spiro atoms. The number of hydrogen-bond donors (Lipinski definition) is 2. The highest BCUT2D eigenvalue weighted by Crippen LogP contribution is 2.28. The molecule has 2 N–H and O–H groups in total. The Balaban J connectivity index is 1.81. The van der Waals surface area contributed by atoms with Crippen LogP contribution in [0.25, 0.3) is 0 Å². The van der Waals surface area contributed by atoms with Crippen LogP contribution >= 0.6 is 0 Å². The van der Waals surface area contributed by atoms with Gasteiger partial charge in [-0.05, 0) is 42.2 Å². The molecular weight excluding hydrogens is 336 g/mol. The summed E-state index contributed by atoms with van der Waals surface area (Å²) in [6, 6.07) is 18.0. The van der Waals surface area contributed by atoms with Crippen LogP contribution in [0.1, 0.15) is 32.0 Å². The summed E-state index contributed by atoms with van der Waals surface area (Å²) in [5, 5.41) is 6.59. The summed E-state index contributed by atoms with van der Waals surface area (Å²) in [7, 11) is 1.65. The normalized spacial score (nSPS) is 11.1. The second kappa shape index (κ2) is 7.66. The monoisotopic (exact) mass is 362 g/mol. The van der Waals surface area contributed by atoms with E-state index in [2.05, 4.69) is 65.6 Å². The zero-order chi connectivity index (χ0) is 19.4. The van der Waals surface area contributed by atoms with Crippen molar-refractivity contribution in [3.8, 4) is 5.75 Å². The van der Waals surface area contributed by atoms with Gasteiger partial charge in [0.05, 0.1) is 12.8 Å². The largest absolute Gasteiger partial charge is 0.495 e. The van der Waals surface area contributed by atoms with Crippen LogP contribution in [0.5, 0.6) is 5.75 Å². The highest BCUT2D eigenvalue weighted by atomic mass is 16.5. The third-order valence-electron chi connectivity index (χ3n) is 4.23. The molecule has 140 valence electrons. The molecule has 3 aromatic rings. The lowest BCUT2D eigenvalue weighted by molar-refractivity contribution is 0.417. The number of para-hydroxylation sites is 2. The molecule has 1 aromatic heterocycles. The summed E-state index contributed by atoms with van der Waals surface area (Å²) in [4.78, 5) is 9.07. The van der Waals surface area contributed by atoms with Gasteiger partial charge in [-0.2, -0.15) is 4.98 Å². The van der Waals surface area contributed by atoms with E-state index in [0.717, 1.165) is 22.8 Å². The minimum atomic E-state index is 0.129. The SMILES string of the molecule is COc1ccccc1Nc1cc(C)nc(Nc2ccc(C(C)(C)C)cc2)n1. The van der Waals surface area contributed by atoms with Crippen molar-refractivity contribution in [1.29, 1.82) is 0 Å². The number of nitrogens with zero attached hydrogens (tertiary/aromatic N) is 2. The minimum Gasteiger partial charge on any atom is -0.495 e. The van der Waals surface area contributed by atoms with E-state index in [0.29, 0.717) is 11.8 Å². The summed E-state index contributed by atoms with van der Waals surface area (Å²) in [6.45, 7) is 8.56. The lowest BCUT2D eigenvalue weighted by Crippen LogP contribution is -2.10. The van der Waals surface area contributed by atoms with Crippen molar-refractivity contribution in [2.24, 2.45) is 0 Å². The van der Waals surface area contributed by atoms with E-state index in [-0.39, 0.29) is 5.41 Å². The minimum absolute atomic E-state index is 0.129. The van der Waals surface area contributed by atoms with Crippen molar-refractivity contribution in [3.63, 3.8) is 0 Å². The molecule has 0 saturated heterocycles.